The van der Waals surface area contributed by atoms with Gasteiger partial charge < -0.3 is 13.7 Å². The molecule has 0 aliphatic rings. The lowest BCUT2D eigenvalue weighted by atomic mass is 9.70. The Bertz CT molecular complexity index is 1290. The predicted molar refractivity (Wildman–Crippen MR) is 186 cm³/mol. The molecule has 1 aromatic heterocycles. The van der Waals surface area contributed by atoms with Crippen molar-refractivity contribution in [1.82, 2.24) is 9.55 Å². The summed E-state index contributed by atoms with van der Waals surface area (Å²) in [5.41, 5.74) is 2.76. The number of hydrogen-bond donors (Lipinski definition) is 0. The number of carbonyl (C=O) groups is 2. The van der Waals surface area contributed by atoms with Crippen LogP contribution in [0.1, 0.15) is 112 Å². The highest BCUT2D eigenvalue weighted by atomic mass is 28.4. The number of benzene rings is 1. The highest BCUT2D eigenvalue weighted by Crippen LogP contribution is 2.42. The molecule has 0 amide bonds. The summed E-state index contributed by atoms with van der Waals surface area (Å²) in [5, 5.41) is -0.0342. The summed E-state index contributed by atoms with van der Waals surface area (Å²) in [6.07, 6.45) is 8.40. The highest BCUT2D eigenvalue weighted by Gasteiger charge is 2.47. The van der Waals surface area contributed by atoms with Gasteiger partial charge in [-0.2, -0.15) is 0 Å². The van der Waals surface area contributed by atoms with E-state index >= 15 is 0 Å². The van der Waals surface area contributed by atoms with Gasteiger partial charge in [-0.3, -0.25) is 9.59 Å². The van der Waals surface area contributed by atoms with Crippen molar-refractivity contribution in [2.75, 3.05) is 7.11 Å². The molecule has 1 aromatic carbocycles. The molecule has 6 nitrogen and oxygen atoms in total. The summed E-state index contributed by atoms with van der Waals surface area (Å²) in [6, 6.07) is 6.64. The monoisotopic (exact) mass is 626 g/mol. The summed E-state index contributed by atoms with van der Waals surface area (Å²) in [7, 11) is 1.23. The van der Waals surface area contributed by atoms with Crippen LogP contribution < -0.4 is 0 Å². The Morgan fingerprint density at radius 1 is 1.05 bits per heavy atom. The highest BCUT2D eigenvalue weighted by molar-refractivity contribution is 6.74. The number of unbranched alkanes of at least 4 members (excludes halogenated alkanes) is 1. The molecule has 0 unspecified atom stereocenters. The molecule has 0 bridgehead atoms. The lowest BCUT2D eigenvalue weighted by Crippen LogP contribution is -2.52. The topological polar surface area (TPSA) is 70.4 Å². The number of aryl methyl sites for hydroxylation is 2. The van der Waals surface area contributed by atoms with E-state index in [-0.39, 0.29) is 35.0 Å². The molecule has 7 heteroatoms. The van der Waals surface area contributed by atoms with Gasteiger partial charge in [0.1, 0.15) is 11.6 Å². The summed E-state index contributed by atoms with van der Waals surface area (Å²) >= 11 is 0. The zero-order valence-corrected chi connectivity index (χ0v) is 31.3. The number of ether oxygens (including phenoxy) is 1. The van der Waals surface area contributed by atoms with E-state index in [2.05, 4.69) is 104 Å². The van der Waals surface area contributed by atoms with Gasteiger partial charge in [-0.25, -0.2) is 4.98 Å². The van der Waals surface area contributed by atoms with Crippen LogP contribution in [-0.2, 0) is 25.8 Å². The first-order valence-corrected chi connectivity index (χ1v) is 19.5. The average Bonchev–Trinajstić information content (AvgIpc) is 3.24. The van der Waals surface area contributed by atoms with Crippen molar-refractivity contribution in [3.05, 3.63) is 41.7 Å². The Balaban J connectivity index is 1.94. The Hall–Kier alpha value is -2.25. The van der Waals surface area contributed by atoms with Gasteiger partial charge in [-0.15, -0.1) is 0 Å². The fourth-order valence-electron chi connectivity index (χ4n) is 5.71. The zero-order valence-electron chi connectivity index (χ0n) is 30.3. The lowest BCUT2D eigenvalue weighted by Gasteiger charge is -2.44. The maximum absolute atomic E-state index is 14.0. The van der Waals surface area contributed by atoms with E-state index in [1.165, 1.54) is 18.2 Å². The van der Waals surface area contributed by atoms with Gasteiger partial charge in [0.15, 0.2) is 8.32 Å². The zero-order chi connectivity index (χ0) is 33.6. The summed E-state index contributed by atoms with van der Waals surface area (Å²) in [5.74, 6) is 1.80. The number of imidazole rings is 1. The number of nitrogens with zero attached hydrogens (tertiary/aromatic N) is 2. The first kappa shape index (κ1) is 37.9. The molecule has 0 radical (unpaired) electrons. The number of fused-ring (bicyclic) bond motifs is 1. The summed E-state index contributed by atoms with van der Waals surface area (Å²) in [6.45, 7) is 25.6. The van der Waals surface area contributed by atoms with Gasteiger partial charge >= 0.3 is 5.97 Å². The summed E-state index contributed by atoms with van der Waals surface area (Å²) in [4.78, 5) is 31.1. The Labute approximate surface area is 269 Å². The van der Waals surface area contributed by atoms with Gasteiger partial charge in [0.25, 0.3) is 0 Å². The third kappa shape index (κ3) is 9.38. The maximum Gasteiger partial charge on any atom is 0.308 e. The number of rotatable bonds is 16. The smallest absolute Gasteiger partial charge is 0.308 e. The molecule has 44 heavy (non-hydrogen) atoms. The van der Waals surface area contributed by atoms with E-state index in [9.17, 15) is 9.59 Å². The SMILES string of the molecule is COC(=O)C[C@H](O[Si](C)(C)C(C)(C)C)C(C)(C)C(=O)[C@H](C)[C@@H](C)[C@@H](C)CCC/C=C/C[C@@H](C)c1ccc2c(c1)nc(C)n2C. The number of Topliss-reactive ketones (excluding diaryl/α,β-unsaturated/α-hetero) is 1. The van der Waals surface area contributed by atoms with E-state index in [1.54, 1.807) is 0 Å². The standard InChI is InChI=1S/C37H62N2O4Si/c1-25(19-17-15-16-18-20-26(2)30-21-22-32-31(23-30)38-29(5)39(32)11)27(3)28(4)35(41)37(9,10)33(24-34(40)42-12)43-44(13,14)36(6,7)8/h16,18,21-23,25-28,33H,15,17,19-20,24H2,1-14H3/b18-16+/t25-,26+,27-,28+,33-/m0/s1. The second-order valence-corrected chi connectivity index (χ2v) is 20.1. The van der Waals surface area contributed by atoms with Crippen LogP contribution in [0.25, 0.3) is 11.0 Å². The van der Waals surface area contributed by atoms with Crippen molar-refractivity contribution in [3.8, 4) is 0 Å². The van der Waals surface area contributed by atoms with Crippen molar-refractivity contribution < 1.29 is 18.8 Å². The van der Waals surface area contributed by atoms with Gasteiger partial charge in [-0.1, -0.05) is 87.0 Å². The molecule has 0 aliphatic heterocycles. The molecule has 0 saturated heterocycles. The van der Waals surface area contributed by atoms with Crippen molar-refractivity contribution >= 4 is 31.1 Å². The molecule has 0 fully saturated rings. The molecule has 0 N–H and O–H groups in total. The Morgan fingerprint density at radius 3 is 2.27 bits per heavy atom. The molecule has 1 heterocycles. The molecule has 248 valence electrons. The van der Waals surface area contributed by atoms with Crippen molar-refractivity contribution in [1.29, 1.82) is 0 Å². The second-order valence-electron chi connectivity index (χ2n) is 15.4. The number of hydrogen-bond acceptors (Lipinski definition) is 5. The van der Waals surface area contributed by atoms with E-state index in [0.29, 0.717) is 11.8 Å². The fraction of sp³-hybridized carbons (Fsp3) is 0.703. The number of esters is 1. The van der Waals surface area contributed by atoms with Crippen molar-refractivity contribution in [3.63, 3.8) is 0 Å². The fourth-order valence-corrected chi connectivity index (χ4v) is 7.15. The van der Waals surface area contributed by atoms with Gasteiger partial charge in [0.05, 0.1) is 30.7 Å². The van der Waals surface area contributed by atoms with E-state index in [4.69, 9.17) is 14.1 Å². The summed E-state index contributed by atoms with van der Waals surface area (Å²) < 4.78 is 13.9. The maximum atomic E-state index is 14.0. The molecule has 0 aliphatic carbocycles. The van der Waals surface area contributed by atoms with Crippen molar-refractivity contribution in [2.45, 2.75) is 131 Å². The molecule has 2 aromatic rings. The third-order valence-electron chi connectivity index (χ3n) is 10.7. The van der Waals surface area contributed by atoms with Crippen LogP contribution in [0.5, 0.6) is 0 Å². The Morgan fingerprint density at radius 2 is 1.68 bits per heavy atom. The van der Waals surface area contributed by atoms with Crippen LogP contribution in [-0.4, -0.2) is 42.8 Å². The number of methoxy groups -OCH3 is 1. The largest absolute Gasteiger partial charge is 0.469 e. The Kier molecular flexibility index (Phi) is 13.2. The molecular formula is C37H62N2O4Si. The molecule has 2 rings (SSSR count). The molecule has 5 atom stereocenters. The van der Waals surface area contributed by atoms with E-state index < -0.39 is 19.8 Å². The molecule has 0 saturated carbocycles. The minimum Gasteiger partial charge on any atom is -0.469 e. The quantitative estimate of drug-likeness (QED) is 0.0803. The minimum absolute atomic E-state index is 0.0342. The number of ketones is 1. The first-order valence-electron chi connectivity index (χ1n) is 16.6. The van der Waals surface area contributed by atoms with Crippen LogP contribution in [0.3, 0.4) is 0 Å². The van der Waals surface area contributed by atoms with Crippen LogP contribution in [0.4, 0.5) is 0 Å². The average molecular weight is 627 g/mol. The second kappa shape index (κ2) is 15.4. The van der Waals surface area contributed by atoms with Crippen LogP contribution in [0.2, 0.25) is 18.1 Å². The van der Waals surface area contributed by atoms with Gasteiger partial charge in [0.2, 0.25) is 0 Å². The van der Waals surface area contributed by atoms with Crippen LogP contribution in [0, 0.1) is 30.1 Å². The van der Waals surface area contributed by atoms with Crippen LogP contribution >= 0.6 is 0 Å². The minimum atomic E-state index is -2.22. The van der Waals surface area contributed by atoms with E-state index in [0.717, 1.165) is 37.0 Å². The lowest BCUT2D eigenvalue weighted by molar-refractivity contribution is -0.147. The van der Waals surface area contributed by atoms with E-state index in [1.807, 2.05) is 20.8 Å². The third-order valence-corrected chi connectivity index (χ3v) is 15.2. The molecular weight excluding hydrogens is 565 g/mol. The normalized spacial score (nSPS) is 16.6. The first-order chi connectivity index (χ1) is 20.2. The number of carbonyl (C=O) groups excluding carboxylic acids is 2. The van der Waals surface area contributed by atoms with Gasteiger partial charge in [0, 0.05) is 18.4 Å². The number of aromatic nitrogens is 2. The predicted octanol–water partition coefficient (Wildman–Crippen LogP) is 9.56. The van der Waals surface area contributed by atoms with Crippen molar-refractivity contribution in [2.24, 2.45) is 30.2 Å². The van der Waals surface area contributed by atoms with Gasteiger partial charge in [-0.05, 0) is 79.8 Å². The number of allylic oxidation sites excluding steroid dienone is 2. The van der Waals surface area contributed by atoms with Crippen LogP contribution in [0.15, 0.2) is 30.4 Å². The molecule has 0 spiro atoms.